The second-order valence-electron chi connectivity index (χ2n) is 4.90. The third-order valence-electron chi connectivity index (χ3n) is 2.74. The predicted octanol–water partition coefficient (Wildman–Crippen LogP) is 2.62. The molecule has 0 fully saturated rings. The minimum atomic E-state index is -0.273. The van der Waals surface area contributed by atoms with E-state index in [4.69, 9.17) is 10.5 Å². The first-order valence-corrected chi connectivity index (χ1v) is 5.76. The van der Waals surface area contributed by atoms with Gasteiger partial charge in [-0.05, 0) is 30.5 Å². The molecular weight excluding hydrogens is 219 g/mol. The highest BCUT2D eigenvalue weighted by Crippen LogP contribution is 2.27. The minimum absolute atomic E-state index is 0.0755. The van der Waals surface area contributed by atoms with E-state index in [-0.39, 0.29) is 11.2 Å². The van der Waals surface area contributed by atoms with Crippen LogP contribution in [0.15, 0.2) is 18.2 Å². The molecule has 0 aromatic heterocycles. The van der Waals surface area contributed by atoms with E-state index in [1.807, 2.05) is 0 Å². The molecule has 0 saturated heterocycles. The molecule has 0 aliphatic heterocycles. The fourth-order valence-electron chi connectivity index (χ4n) is 1.63. The van der Waals surface area contributed by atoms with Crippen LogP contribution < -0.4 is 15.8 Å². The van der Waals surface area contributed by atoms with Gasteiger partial charge in [-0.2, -0.15) is 0 Å². The van der Waals surface area contributed by atoms with E-state index in [1.165, 1.54) is 12.1 Å². The fraction of sp³-hybridized carbons (Fsp3) is 0.538. The number of halogens is 1. The van der Waals surface area contributed by atoms with Crippen LogP contribution in [0, 0.1) is 11.2 Å². The summed E-state index contributed by atoms with van der Waals surface area (Å²) in [6.45, 7) is 5.62. The van der Waals surface area contributed by atoms with Crippen molar-refractivity contribution < 1.29 is 9.13 Å². The number of nitrogens with two attached hydrogens (primary N) is 1. The van der Waals surface area contributed by atoms with Crippen LogP contribution in [0.1, 0.15) is 20.3 Å². The van der Waals surface area contributed by atoms with Crippen molar-refractivity contribution in [3.05, 3.63) is 24.0 Å². The summed E-state index contributed by atoms with van der Waals surface area (Å²) in [6, 6.07) is 4.44. The third kappa shape index (κ3) is 4.23. The Bertz CT molecular complexity index is 366. The molecular formula is C13H21FN2O. The maximum Gasteiger partial charge on any atom is 0.142 e. The van der Waals surface area contributed by atoms with Gasteiger partial charge in [0.1, 0.15) is 11.6 Å². The molecule has 0 amide bonds. The van der Waals surface area contributed by atoms with E-state index < -0.39 is 0 Å². The van der Waals surface area contributed by atoms with Crippen LogP contribution in [0.25, 0.3) is 0 Å². The molecule has 0 aliphatic carbocycles. The van der Waals surface area contributed by atoms with Crippen LogP contribution in [-0.4, -0.2) is 20.2 Å². The van der Waals surface area contributed by atoms with Gasteiger partial charge in [-0.3, -0.25) is 0 Å². The van der Waals surface area contributed by atoms with E-state index in [0.717, 1.165) is 13.0 Å². The second kappa shape index (κ2) is 5.87. The number of hydrogen-bond donors (Lipinski definition) is 2. The molecule has 0 saturated carbocycles. The first-order chi connectivity index (χ1) is 7.98. The van der Waals surface area contributed by atoms with Crippen molar-refractivity contribution in [1.29, 1.82) is 0 Å². The first-order valence-electron chi connectivity index (χ1n) is 5.76. The molecule has 0 heterocycles. The van der Waals surface area contributed by atoms with Gasteiger partial charge in [-0.1, -0.05) is 13.8 Å². The summed E-state index contributed by atoms with van der Waals surface area (Å²) in [6.07, 6.45) is 0.914. The zero-order valence-corrected chi connectivity index (χ0v) is 10.7. The lowest BCUT2D eigenvalue weighted by molar-refractivity contribution is 0.363. The number of ether oxygens (including phenoxy) is 1. The van der Waals surface area contributed by atoms with Crippen molar-refractivity contribution in [2.45, 2.75) is 20.3 Å². The Kier molecular flexibility index (Phi) is 4.75. The molecule has 0 aliphatic rings. The largest absolute Gasteiger partial charge is 0.495 e. The topological polar surface area (TPSA) is 47.3 Å². The van der Waals surface area contributed by atoms with Gasteiger partial charge in [-0.15, -0.1) is 0 Å². The van der Waals surface area contributed by atoms with Crippen molar-refractivity contribution in [2.75, 3.05) is 25.5 Å². The second-order valence-corrected chi connectivity index (χ2v) is 4.90. The zero-order chi connectivity index (χ0) is 12.9. The Hall–Kier alpha value is -1.29. The van der Waals surface area contributed by atoms with Gasteiger partial charge < -0.3 is 15.8 Å². The normalized spacial score (nSPS) is 11.4. The highest BCUT2D eigenvalue weighted by atomic mass is 19.1. The number of nitrogens with one attached hydrogen (secondary N) is 1. The van der Waals surface area contributed by atoms with Crippen LogP contribution in [0.5, 0.6) is 5.75 Å². The minimum Gasteiger partial charge on any atom is -0.495 e. The maximum atomic E-state index is 13.1. The van der Waals surface area contributed by atoms with E-state index in [2.05, 4.69) is 19.2 Å². The standard InChI is InChI=1S/C13H21FN2O/c1-13(2,6-7-15)9-16-11-8-10(14)4-5-12(11)17-3/h4-5,8,16H,6-7,9,15H2,1-3H3. The van der Waals surface area contributed by atoms with Crippen LogP contribution in [0.3, 0.4) is 0 Å². The molecule has 3 nitrogen and oxygen atoms in total. The number of methoxy groups -OCH3 is 1. The van der Waals surface area contributed by atoms with E-state index >= 15 is 0 Å². The zero-order valence-electron chi connectivity index (χ0n) is 10.7. The third-order valence-corrected chi connectivity index (χ3v) is 2.74. The van der Waals surface area contributed by atoms with Gasteiger partial charge in [-0.25, -0.2) is 4.39 Å². The summed E-state index contributed by atoms with van der Waals surface area (Å²) in [4.78, 5) is 0. The lowest BCUT2D eigenvalue weighted by Gasteiger charge is -2.25. The SMILES string of the molecule is COc1ccc(F)cc1NCC(C)(C)CCN. The van der Waals surface area contributed by atoms with Crippen molar-refractivity contribution in [2.24, 2.45) is 11.1 Å². The summed E-state index contributed by atoms with van der Waals surface area (Å²) in [5, 5.41) is 3.21. The van der Waals surface area contributed by atoms with Gasteiger partial charge in [0.15, 0.2) is 0 Å². The average Bonchev–Trinajstić information content (AvgIpc) is 2.27. The van der Waals surface area contributed by atoms with Crippen molar-refractivity contribution in [3.8, 4) is 5.75 Å². The fourth-order valence-corrected chi connectivity index (χ4v) is 1.63. The van der Waals surface area contributed by atoms with E-state index in [0.29, 0.717) is 18.0 Å². The van der Waals surface area contributed by atoms with Crippen LogP contribution in [0.2, 0.25) is 0 Å². The molecule has 17 heavy (non-hydrogen) atoms. The smallest absolute Gasteiger partial charge is 0.142 e. The molecule has 0 radical (unpaired) electrons. The molecule has 0 spiro atoms. The van der Waals surface area contributed by atoms with Gasteiger partial charge in [0.2, 0.25) is 0 Å². The highest BCUT2D eigenvalue weighted by Gasteiger charge is 2.17. The monoisotopic (exact) mass is 240 g/mol. The van der Waals surface area contributed by atoms with Gasteiger partial charge in [0.05, 0.1) is 12.8 Å². The number of rotatable bonds is 6. The summed E-state index contributed by atoms with van der Waals surface area (Å²) >= 11 is 0. The Balaban J connectivity index is 2.71. The van der Waals surface area contributed by atoms with Crippen molar-refractivity contribution in [1.82, 2.24) is 0 Å². The molecule has 96 valence electrons. The Morgan fingerprint density at radius 2 is 2.12 bits per heavy atom. The molecule has 4 heteroatoms. The first kappa shape index (κ1) is 13.8. The average molecular weight is 240 g/mol. The highest BCUT2D eigenvalue weighted by molar-refractivity contribution is 5.56. The lowest BCUT2D eigenvalue weighted by Crippen LogP contribution is -2.26. The quantitative estimate of drug-likeness (QED) is 0.803. The molecule has 0 bridgehead atoms. The van der Waals surface area contributed by atoms with E-state index in [9.17, 15) is 4.39 Å². The van der Waals surface area contributed by atoms with Crippen LogP contribution in [0.4, 0.5) is 10.1 Å². The van der Waals surface area contributed by atoms with E-state index in [1.54, 1.807) is 13.2 Å². The van der Waals surface area contributed by atoms with Crippen LogP contribution >= 0.6 is 0 Å². The molecule has 0 unspecified atom stereocenters. The lowest BCUT2D eigenvalue weighted by atomic mass is 9.89. The van der Waals surface area contributed by atoms with Gasteiger partial charge >= 0.3 is 0 Å². The van der Waals surface area contributed by atoms with Crippen molar-refractivity contribution in [3.63, 3.8) is 0 Å². The summed E-state index contributed by atoms with van der Waals surface area (Å²) in [7, 11) is 1.57. The number of anilines is 1. The number of benzene rings is 1. The van der Waals surface area contributed by atoms with Crippen molar-refractivity contribution >= 4 is 5.69 Å². The van der Waals surface area contributed by atoms with Gasteiger partial charge in [0.25, 0.3) is 0 Å². The Morgan fingerprint density at radius 1 is 1.41 bits per heavy atom. The van der Waals surface area contributed by atoms with Crippen LogP contribution in [-0.2, 0) is 0 Å². The molecule has 0 atom stereocenters. The Morgan fingerprint density at radius 3 is 2.71 bits per heavy atom. The summed E-state index contributed by atoms with van der Waals surface area (Å²) < 4.78 is 18.3. The summed E-state index contributed by atoms with van der Waals surface area (Å²) in [5.41, 5.74) is 6.31. The van der Waals surface area contributed by atoms with Gasteiger partial charge in [0, 0.05) is 12.6 Å². The molecule has 1 aromatic carbocycles. The molecule has 1 aromatic rings. The molecule has 1 rings (SSSR count). The predicted molar refractivity (Wildman–Crippen MR) is 68.9 cm³/mol. The Labute approximate surface area is 102 Å². The maximum absolute atomic E-state index is 13.1. The molecule has 3 N–H and O–H groups in total. The number of hydrogen-bond acceptors (Lipinski definition) is 3. The summed E-state index contributed by atoms with van der Waals surface area (Å²) in [5.74, 6) is 0.375.